The van der Waals surface area contributed by atoms with E-state index in [1.807, 2.05) is 11.3 Å². The summed E-state index contributed by atoms with van der Waals surface area (Å²) in [4.78, 5) is 15.9. The maximum absolute atomic E-state index is 5.52. The molecule has 0 bridgehead atoms. The zero-order chi connectivity index (χ0) is 50.9. The molecule has 0 spiro atoms. The van der Waals surface area contributed by atoms with Crippen molar-refractivity contribution in [2.75, 3.05) is 9.80 Å². The van der Waals surface area contributed by atoms with Crippen LogP contribution >= 0.6 is 11.3 Å². The summed E-state index contributed by atoms with van der Waals surface area (Å²) in [5, 5.41) is 13.3. The number of fused-ring (bicyclic) bond motifs is 7. The van der Waals surface area contributed by atoms with E-state index in [1.165, 1.54) is 73.0 Å². The molecule has 2 aliphatic rings. The predicted molar refractivity (Wildman–Crippen MR) is 330 cm³/mol. The van der Waals surface area contributed by atoms with Crippen LogP contribution in [0.25, 0.3) is 42.8 Å². The van der Waals surface area contributed by atoms with Crippen molar-refractivity contribution < 1.29 is 0 Å². The van der Waals surface area contributed by atoms with E-state index in [0.29, 0.717) is 5.82 Å². The van der Waals surface area contributed by atoms with Crippen LogP contribution in [0.15, 0.2) is 291 Å². The normalized spacial score (nSPS) is 13.9. The molecule has 0 radical (unpaired) electrons. The van der Waals surface area contributed by atoms with Gasteiger partial charge in [0.05, 0.1) is 5.69 Å². The van der Waals surface area contributed by atoms with Gasteiger partial charge < -0.3 is 4.90 Å². The van der Waals surface area contributed by atoms with Crippen LogP contribution in [0.1, 0.15) is 0 Å². The summed E-state index contributed by atoms with van der Waals surface area (Å²) >= 11 is 1.84. The fourth-order valence-electron chi connectivity index (χ4n) is 12.8. The minimum Gasteiger partial charge on any atom is -0.311 e. The van der Waals surface area contributed by atoms with Gasteiger partial charge in [0.2, 0.25) is 0 Å². The lowest BCUT2D eigenvalue weighted by Gasteiger charge is -2.45. The number of para-hydroxylation sites is 4. The third-order valence-corrected chi connectivity index (χ3v) is 26.9. The van der Waals surface area contributed by atoms with E-state index >= 15 is 0 Å². The van der Waals surface area contributed by atoms with Crippen LogP contribution in [0.3, 0.4) is 0 Å². The molecule has 13 aromatic rings. The highest BCUT2D eigenvalue weighted by Crippen LogP contribution is 2.44. The fraction of sp³-hybridized carbons (Fsp3) is 0. The summed E-state index contributed by atoms with van der Waals surface area (Å²) in [7, 11) is -5.59. The number of anilines is 6. The molecular formula is C70H48N4SSi2. The molecule has 0 fully saturated rings. The highest BCUT2D eigenvalue weighted by molar-refractivity contribution is 7.26. The van der Waals surface area contributed by atoms with Gasteiger partial charge in [0.1, 0.15) is 5.82 Å². The van der Waals surface area contributed by atoms with Gasteiger partial charge in [-0.15, -0.1) is 11.3 Å². The lowest BCUT2D eigenvalue weighted by molar-refractivity contribution is 1.12. The highest BCUT2D eigenvalue weighted by atomic mass is 32.1. The second-order valence-corrected chi connectivity index (χ2v) is 28.5. The first-order valence-corrected chi connectivity index (χ1v) is 31.1. The Morgan fingerprint density at radius 1 is 0.299 bits per heavy atom. The number of nitrogens with zero attached hydrogens (tertiary/aromatic N) is 4. The molecule has 4 heterocycles. The average Bonchev–Trinajstić information content (AvgIpc) is 4.03. The van der Waals surface area contributed by atoms with Crippen molar-refractivity contribution in [2.45, 2.75) is 0 Å². The van der Waals surface area contributed by atoms with Crippen LogP contribution in [0.4, 0.5) is 34.3 Å². The Morgan fingerprint density at radius 3 is 1.13 bits per heavy atom. The summed E-state index contributed by atoms with van der Waals surface area (Å²) in [6.45, 7) is 0. The molecule has 11 aromatic carbocycles. The Bertz CT molecular complexity index is 4180. The average molecular weight is 1030 g/mol. The molecule has 0 N–H and O–H groups in total. The number of benzene rings is 11. The molecular weight excluding hydrogens is 985 g/mol. The van der Waals surface area contributed by atoms with Gasteiger partial charge >= 0.3 is 0 Å². The van der Waals surface area contributed by atoms with Gasteiger partial charge in [0, 0.05) is 65.8 Å². The second kappa shape index (κ2) is 18.3. The summed E-state index contributed by atoms with van der Waals surface area (Å²) in [5.74, 6) is 1.50. The summed E-state index contributed by atoms with van der Waals surface area (Å²) < 4.78 is 2.48. The molecule has 0 saturated carbocycles. The van der Waals surface area contributed by atoms with E-state index in [2.05, 4.69) is 301 Å². The monoisotopic (exact) mass is 1030 g/mol. The van der Waals surface area contributed by atoms with Crippen molar-refractivity contribution in [1.82, 2.24) is 9.97 Å². The number of rotatable bonds is 8. The second-order valence-electron chi connectivity index (χ2n) is 20.0. The Balaban J connectivity index is 0.909. The van der Waals surface area contributed by atoms with Crippen LogP contribution in [0.5, 0.6) is 0 Å². The van der Waals surface area contributed by atoms with E-state index in [0.717, 1.165) is 39.7 Å². The third-order valence-electron chi connectivity index (χ3n) is 16.0. The molecule has 0 unspecified atom stereocenters. The van der Waals surface area contributed by atoms with Crippen LogP contribution in [-0.2, 0) is 0 Å². The van der Waals surface area contributed by atoms with E-state index in [1.54, 1.807) is 0 Å². The van der Waals surface area contributed by atoms with E-state index < -0.39 is 16.1 Å². The van der Waals surface area contributed by atoms with E-state index in [-0.39, 0.29) is 0 Å². The molecule has 0 amide bonds. The number of thiophene rings is 1. The SMILES string of the molecule is c1ccc(-c2nc(-c3ccc4sc5ccc(N6c7ccccc7[Si](c7ccccc7)(c7ccccc7)c7ccccc76)cc5c4c3)cc(N3c4ccccc4[Si](c4ccccc4)(c4ccccc4)c4ccccc43)n2)cc1. The number of aromatic nitrogens is 2. The Hall–Kier alpha value is -9.25. The van der Waals surface area contributed by atoms with Crippen molar-refractivity contribution >= 4 is 123 Å². The van der Waals surface area contributed by atoms with Crippen LogP contribution in [0, 0.1) is 0 Å². The van der Waals surface area contributed by atoms with Crippen molar-refractivity contribution in [3.05, 3.63) is 291 Å². The Morgan fingerprint density at radius 2 is 0.675 bits per heavy atom. The molecule has 4 nitrogen and oxygen atoms in total. The zero-order valence-electron chi connectivity index (χ0n) is 41.9. The van der Waals surface area contributed by atoms with Gasteiger partial charge in [-0.2, -0.15) is 0 Å². The maximum Gasteiger partial charge on any atom is 0.184 e. The number of hydrogen-bond acceptors (Lipinski definition) is 5. The van der Waals surface area contributed by atoms with Gasteiger partial charge in [-0.05, 0) is 96.1 Å². The molecule has 77 heavy (non-hydrogen) atoms. The van der Waals surface area contributed by atoms with Gasteiger partial charge in [-0.3, -0.25) is 4.90 Å². The quantitative estimate of drug-likeness (QED) is 0.142. The minimum absolute atomic E-state index is 0.680. The van der Waals surface area contributed by atoms with Crippen LogP contribution in [0.2, 0.25) is 0 Å². The summed E-state index contributed by atoms with van der Waals surface area (Å²) in [6, 6.07) is 108. The van der Waals surface area contributed by atoms with E-state index in [9.17, 15) is 0 Å². The topological polar surface area (TPSA) is 32.3 Å². The van der Waals surface area contributed by atoms with Crippen molar-refractivity contribution in [3.8, 4) is 22.6 Å². The fourth-order valence-corrected chi connectivity index (χ4v) is 24.1. The Labute approximate surface area is 454 Å². The lowest BCUT2D eigenvalue weighted by Crippen LogP contribution is -2.77. The minimum atomic E-state index is -2.84. The number of hydrogen-bond donors (Lipinski definition) is 0. The van der Waals surface area contributed by atoms with E-state index in [4.69, 9.17) is 9.97 Å². The smallest absolute Gasteiger partial charge is 0.184 e. The summed E-state index contributed by atoms with van der Waals surface area (Å²) in [5.41, 5.74) is 8.71. The Kier molecular flexibility index (Phi) is 10.7. The largest absolute Gasteiger partial charge is 0.311 e. The summed E-state index contributed by atoms with van der Waals surface area (Å²) in [6.07, 6.45) is 0. The van der Waals surface area contributed by atoms with Crippen molar-refractivity contribution in [1.29, 1.82) is 0 Å². The first-order valence-electron chi connectivity index (χ1n) is 26.3. The molecule has 0 saturated heterocycles. The zero-order valence-corrected chi connectivity index (χ0v) is 44.7. The standard InChI is InChI=1S/C70H48N4SSi2/c1-6-24-49(25-7-1)70-71-58(48-69(72-70)74-61-36-18-22-40-67(61)77(54-30-12-4-13-31-54,55-32-14-5-15-33-55)68-41-23-19-37-62(68)74)50-42-44-63-56(46-50)57-47-51(43-45-64(57)75-63)73-59-34-16-20-38-65(59)76(52-26-8-2-9-27-52,53-28-10-3-11-29-53)66-39-21-17-35-60(66)73/h1-48H. The molecule has 2 aromatic heterocycles. The van der Waals surface area contributed by atoms with Crippen LogP contribution in [-0.4, -0.2) is 26.1 Å². The molecule has 0 atom stereocenters. The highest BCUT2D eigenvalue weighted by Gasteiger charge is 2.50. The molecule has 362 valence electrons. The van der Waals surface area contributed by atoms with Crippen molar-refractivity contribution in [2.24, 2.45) is 0 Å². The van der Waals surface area contributed by atoms with Crippen LogP contribution < -0.4 is 51.3 Å². The molecule has 2 aliphatic heterocycles. The first-order chi connectivity index (χ1) is 38.2. The van der Waals surface area contributed by atoms with Gasteiger partial charge in [-0.1, -0.05) is 231 Å². The maximum atomic E-state index is 5.52. The lowest BCUT2D eigenvalue weighted by atomic mass is 10.0. The molecule has 0 aliphatic carbocycles. The molecule has 7 heteroatoms. The van der Waals surface area contributed by atoms with Gasteiger partial charge in [0.25, 0.3) is 0 Å². The first kappa shape index (κ1) is 45.2. The van der Waals surface area contributed by atoms with Crippen molar-refractivity contribution in [3.63, 3.8) is 0 Å². The third kappa shape index (κ3) is 6.95. The van der Waals surface area contributed by atoms with Gasteiger partial charge in [0.15, 0.2) is 22.0 Å². The predicted octanol–water partition coefficient (Wildman–Crippen LogP) is 12.5. The van der Waals surface area contributed by atoms with Gasteiger partial charge in [-0.25, -0.2) is 9.97 Å². The molecule has 15 rings (SSSR count).